The van der Waals surface area contributed by atoms with Crippen molar-refractivity contribution < 1.29 is 4.74 Å². The number of ether oxygens (including phenoxy) is 1. The summed E-state index contributed by atoms with van der Waals surface area (Å²) in [6.45, 7) is 4.70. The molecular weight excluding hydrogens is 232 g/mol. The number of hydrogen-bond acceptors (Lipinski definition) is 4. The van der Waals surface area contributed by atoms with Crippen LogP contribution in [0, 0.1) is 0 Å². The molecular formula is C13H16N2OS. The van der Waals surface area contributed by atoms with Gasteiger partial charge in [0.2, 0.25) is 0 Å². The lowest BCUT2D eigenvalue weighted by atomic mass is 10.1. The Morgan fingerprint density at radius 2 is 2.29 bits per heavy atom. The Balaban J connectivity index is 1.92. The number of fused-ring (bicyclic) bond motifs is 1. The Labute approximate surface area is 105 Å². The zero-order valence-electron chi connectivity index (χ0n) is 9.85. The van der Waals surface area contributed by atoms with Crippen molar-refractivity contribution in [2.24, 2.45) is 0 Å². The molecule has 2 aromatic rings. The van der Waals surface area contributed by atoms with Crippen LogP contribution >= 0.6 is 11.3 Å². The predicted octanol–water partition coefficient (Wildman–Crippen LogP) is 2.39. The molecule has 0 spiro atoms. The normalized spacial score (nSPS) is 24.5. The van der Waals surface area contributed by atoms with Crippen molar-refractivity contribution in [3.8, 4) is 0 Å². The lowest BCUT2D eigenvalue weighted by molar-refractivity contribution is 0.188. The SMILES string of the molecule is CCNC1COCC1c1nc2ccccc2s1. The van der Waals surface area contributed by atoms with Crippen LogP contribution in [0.15, 0.2) is 24.3 Å². The highest BCUT2D eigenvalue weighted by molar-refractivity contribution is 7.18. The summed E-state index contributed by atoms with van der Waals surface area (Å²) in [5.41, 5.74) is 1.11. The molecule has 90 valence electrons. The largest absolute Gasteiger partial charge is 0.379 e. The summed E-state index contributed by atoms with van der Waals surface area (Å²) in [4.78, 5) is 4.73. The van der Waals surface area contributed by atoms with Gasteiger partial charge in [0.1, 0.15) is 5.01 Å². The van der Waals surface area contributed by atoms with Crippen molar-refractivity contribution in [2.45, 2.75) is 18.9 Å². The third-order valence-electron chi connectivity index (χ3n) is 3.17. The molecule has 4 heteroatoms. The molecule has 1 fully saturated rings. The van der Waals surface area contributed by atoms with Gasteiger partial charge in [0, 0.05) is 6.04 Å². The highest BCUT2D eigenvalue weighted by Gasteiger charge is 2.31. The van der Waals surface area contributed by atoms with Gasteiger partial charge in [-0.2, -0.15) is 0 Å². The van der Waals surface area contributed by atoms with Gasteiger partial charge in [0.25, 0.3) is 0 Å². The summed E-state index contributed by atoms with van der Waals surface area (Å²) in [7, 11) is 0. The summed E-state index contributed by atoms with van der Waals surface area (Å²) in [6, 6.07) is 8.73. The van der Waals surface area contributed by atoms with Gasteiger partial charge in [-0.05, 0) is 18.7 Å². The molecule has 0 radical (unpaired) electrons. The van der Waals surface area contributed by atoms with Crippen molar-refractivity contribution in [1.29, 1.82) is 0 Å². The average molecular weight is 248 g/mol. The van der Waals surface area contributed by atoms with Gasteiger partial charge in [-0.3, -0.25) is 0 Å². The van der Waals surface area contributed by atoms with Gasteiger partial charge < -0.3 is 10.1 Å². The first-order valence-electron chi connectivity index (χ1n) is 6.05. The molecule has 2 unspecified atom stereocenters. The average Bonchev–Trinajstić information content (AvgIpc) is 2.94. The van der Waals surface area contributed by atoms with Crippen LogP contribution in [0.2, 0.25) is 0 Å². The van der Waals surface area contributed by atoms with Crippen LogP contribution in [0.5, 0.6) is 0 Å². The maximum atomic E-state index is 5.58. The number of nitrogens with zero attached hydrogens (tertiary/aromatic N) is 1. The van der Waals surface area contributed by atoms with Crippen molar-refractivity contribution in [1.82, 2.24) is 10.3 Å². The third kappa shape index (κ3) is 2.08. The topological polar surface area (TPSA) is 34.1 Å². The Morgan fingerprint density at radius 1 is 1.41 bits per heavy atom. The molecule has 2 atom stereocenters. The zero-order valence-corrected chi connectivity index (χ0v) is 10.7. The summed E-state index contributed by atoms with van der Waals surface area (Å²) in [5.74, 6) is 0.410. The minimum Gasteiger partial charge on any atom is -0.379 e. The Bertz CT molecular complexity index is 478. The molecule has 1 saturated heterocycles. The van der Waals surface area contributed by atoms with Gasteiger partial charge in [0.15, 0.2) is 0 Å². The Morgan fingerprint density at radius 3 is 3.12 bits per heavy atom. The molecule has 1 N–H and O–H groups in total. The van der Waals surface area contributed by atoms with E-state index < -0.39 is 0 Å². The van der Waals surface area contributed by atoms with Crippen LogP contribution in [0.3, 0.4) is 0 Å². The summed E-state index contributed by atoms with van der Waals surface area (Å²) >= 11 is 1.79. The number of aromatic nitrogens is 1. The van der Waals surface area contributed by atoms with E-state index in [4.69, 9.17) is 9.72 Å². The molecule has 1 aliphatic rings. The van der Waals surface area contributed by atoms with E-state index in [1.54, 1.807) is 11.3 Å². The first kappa shape index (κ1) is 11.1. The molecule has 3 nitrogen and oxygen atoms in total. The number of benzene rings is 1. The molecule has 17 heavy (non-hydrogen) atoms. The molecule has 0 saturated carbocycles. The third-order valence-corrected chi connectivity index (χ3v) is 4.34. The number of rotatable bonds is 3. The van der Waals surface area contributed by atoms with Crippen molar-refractivity contribution in [2.75, 3.05) is 19.8 Å². The fourth-order valence-corrected chi connectivity index (χ4v) is 3.43. The van der Waals surface area contributed by atoms with E-state index in [0.717, 1.165) is 25.3 Å². The van der Waals surface area contributed by atoms with Crippen molar-refractivity contribution >= 4 is 21.6 Å². The summed E-state index contributed by atoms with van der Waals surface area (Å²) in [6.07, 6.45) is 0. The van der Waals surface area contributed by atoms with E-state index in [-0.39, 0.29) is 0 Å². The van der Waals surface area contributed by atoms with Crippen LogP contribution in [0.4, 0.5) is 0 Å². The number of nitrogens with one attached hydrogen (secondary N) is 1. The Hall–Kier alpha value is -0.970. The zero-order chi connectivity index (χ0) is 11.7. The van der Waals surface area contributed by atoms with Crippen molar-refractivity contribution in [3.05, 3.63) is 29.3 Å². The second-order valence-corrected chi connectivity index (χ2v) is 5.39. The fourth-order valence-electron chi connectivity index (χ4n) is 2.31. The van der Waals surface area contributed by atoms with Crippen LogP contribution in [0.1, 0.15) is 17.8 Å². The highest BCUT2D eigenvalue weighted by atomic mass is 32.1. The van der Waals surface area contributed by atoms with E-state index in [1.165, 1.54) is 9.71 Å². The molecule has 2 heterocycles. The lowest BCUT2D eigenvalue weighted by Crippen LogP contribution is -2.34. The fraction of sp³-hybridized carbons (Fsp3) is 0.462. The van der Waals surface area contributed by atoms with Gasteiger partial charge in [-0.25, -0.2) is 4.98 Å². The van der Waals surface area contributed by atoms with Crippen molar-refractivity contribution in [3.63, 3.8) is 0 Å². The number of likely N-dealkylation sites (N-methyl/N-ethyl adjacent to an activating group) is 1. The maximum Gasteiger partial charge on any atom is 0.101 e. The number of para-hydroxylation sites is 1. The van der Waals surface area contributed by atoms with Gasteiger partial charge in [0.05, 0.1) is 29.3 Å². The van der Waals surface area contributed by atoms with E-state index in [9.17, 15) is 0 Å². The minimum atomic E-state index is 0.410. The second-order valence-electron chi connectivity index (χ2n) is 4.33. The maximum absolute atomic E-state index is 5.58. The molecule has 3 rings (SSSR count). The van der Waals surface area contributed by atoms with Crippen LogP contribution < -0.4 is 5.32 Å². The van der Waals surface area contributed by atoms with E-state index in [1.807, 2.05) is 6.07 Å². The van der Waals surface area contributed by atoms with Gasteiger partial charge in [-0.1, -0.05) is 19.1 Å². The summed E-state index contributed by atoms with van der Waals surface area (Å²) < 4.78 is 6.85. The standard InChI is InChI=1S/C13H16N2OS/c1-2-14-11-8-16-7-9(11)13-15-10-5-3-4-6-12(10)17-13/h3-6,9,11,14H,2,7-8H2,1H3. The molecule has 0 aliphatic carbocycles. The van der Waals surface area contributed by atoms with E-state index in [2.05, 4.69) is 30.4 Å². The quantitative estimate of drug-likeness (QED) is 0.905. The monoisotopic (exact) mass is 248 g/mol. The molecule has 1 aliphatic heterocycles. The Kier molecular flexibility index (Phi) is 3.09. The molecule has 1 aromatic heterocycles. The summed E-state index contributed by atoms with van der Waals surface area (Å²) in [5, 5.41) is 4.68. The molecule has 1 aromatic carbocycles. The second kappa shape index (κ2) is 4.72. The minimum absolute atomic E-state index is 0.410. The van der Waals surface area contributed by atoms with Crippen LogP contribution in [0.25, 0.3) is 10.2 Å². The number of thiazole rings is 1. The van der Waals surface area contributed by atoms with Crippen LogP contribution in [-0.4, -0.2) is 30.8 Å². The molecule has 0 amide bonds. The number of hydrogen-bond donors (Lipinski definition) is 1. The first-order chi connectivity index (χ1) is 8.38. The smallest absolute Gasteiger partial charge is 0.101 e. The predicted molar refractivity (Wildman–Crippen MR) is 70.6 cm³/mol. The molecule has 0 bridgehead atoms. The lowest BCUT2D eigenvalue weighted by Gasteiger charge is -2.15. The highest BCUT2D eigenvalue weighted by Crippen LogP contribution is 2.32. The van der Waals surface area contributed by atoms with E-state index >= 15 is 0 Å². The van der Waals surface area contributed by atoms with E-state index in [0.29, 0.717) is 12.0 Å². The van der Waals surface area contributed by atoms with Gasteiger partial charge >= 0.3 is 0 Å². The van der Waals surface area contributed by atoms with Gasteiger partial charge in [-0.15, -0.1) is 11.3 Å². The van der Waals surface area contributed by atoms with Crippen LogP contribution in [-0.2, 0) is 4.74 Å². The first-order valence-corrected chi connectivity index (χ1v) is 6.86.